The molecule has 0 aromatic heterocycles. The van der Waals surface area contributed by atoms with Gasteiger partial charge in [-0.1, -0.05) is 38.8 Å². The first-order chi connectivity index (χ1) is 20.7. The molecule has 2 fully saturated rings. The van der Waals surface area contributed by atoms with Crippen LogP contribution in [0.25, 0.3) is 0 Å². The second kappa shape index (κ2) is 12.4. The van der Waals surface area contributed by atoms with Crippen molar-refractivity contribution >= 4 is 21.8 Å². The molecular formula is C32H40F4N4O3S. The summed E-state index contributed by atoms with van der Waals surface area (Å²) < 4.78 is 81.9. The van der Waals surface area contributed by atoms with Gasteiger partial charge in [0.25, 0.3) is 0 Å². The van der Waals surface area contributed by atoms with Crippen LogP contribution in [0.15, 0.2) is 58.4 Å². The topological polar surface area (TPSA) is 90.9 Å². The van der Waals surface area contributed by atoms with Crippen molar-refractivity contribution in [2.45, 2.75) is 81.9 Å². The minimum absolute atomic E-state index is 0.0442. The fourth-order valence-electron chi connectivity index (χ4n) is 6.19. The summed E-state index contributed by atoms with van der Waals surface area (Å²) in [5, 5.41) is 6.63. The lowest BCUT2D eigenvalue weighted by Gasteiger charge is -2.45. The number of amides is 1. The molecule has 0 bridgehead atoms. The van der Waals surface area contributed by atoms with Gasteiger partial charge in [-0.05, 0) is 85.9 Å². The standard InChI is InChI=1S/C32H40F4N4O3S/c1-22(2)31(29(41)37-19-23-5-3-6-23)21-38-28(39-31)30(15-4-16-30)17-18-40(44(42,43)27-13-11-26(33)12-14-27)20-24-7-9-25(10-8-24)32(34,35)36/h7-14,22-23H,3-6,15-21H2,1-2H3,(H,37,41)(H,38,39). The number of hydrogen-bond donors (Lipinski definition) is 2. The van der Waals surface area contributed by atoms with Crippen molar-refractivity contribution in [1.29, 1.82) is 0 Å². The van der Waals surface area contributed by atoms with Gasteiger partial charge >= 0.3 is 6.18 Å². The molecule has 7 nitrogen and oxygen atoms in total. The van der Waals surface area contributed by atoms with Crippen molar-refractivity contribution in [2.24, 2.45) is 22.2 Å². The summed E-state index contributed by atoms with van der Waals surface area (Å²) in [6.45, 7) is 4.82. The Bertz CT molecular complexity index is 1470. The predicted octanol–water partition coefficient (Wildman–Crippen LogP) is 5.91. The Morgan fingerprint density at radius 3 is 2.25 bits per heavy atom. The van der Waals surface area contributed by atoms with Crippen LogP contribution in [0, 0.1) is 23.1 Å². The van der Waals surface area contributed by atoms with Gasteiger partial charge in [-0.3, -0.25) is 9.79 Å². The van der Waals surface area contributed by atoms with E-state index in [1.807, 2.05) is 13.8 Å². The molecule has 2 aromatic carbocycles. The zero-order valence-electron chi connectivity index (χ0n) is 25.1. The summed E-state index contributed by atoms with van der Waals surface area (Å²) in [6, 6.07) is 8.92. The fourth-order valence-corrected chi connectivity index (χ4v) is 7.62. The molecule has 1 aliphatic heterocycles. The lowest BCUT2D eigenvalue weighted by atomic mass is 9.65. The number of aliphatic imine (C=N–C) groups is 1. The molecule has 2 aliphatic carbocycles. The monoisotopic (exact) mass is 636 g/mol. The largest absolute Gasteiger partial charge is 0.416 e. The van der Waals surface area contributed by atoms with Gasteiger partial charge in [-0.25, -0.2) is 12.8 Å². The van der Waals surface area contributed by atoms with E-state index in [4.69, 9.17) is 4.99 Å². The summed E-state index contributed by atoms with van der Waals surface area (Å²) in [5.41, 5.74) is -1.77. The highest BCUT2D eigenvalue weighted by Gasteiger charge is 2.52. The number of rotatable bonds is 12. The molecule has 0 radical (unpaired) electrons. The van der Waals surface area contributed by atoms with E-state index in [0.717, 1.165) is 56.4 Å². The zero-order valence-corrected chi connectivity index (χ0v) is 25.9. The van der Waals surface area contributed by atoms with Crippen LogP contribution in [0.2, 0.25) is 0 Å². The third-order valence-corrected chi connectivity index (χ3v) is 11.6. The van der Waals surface area contributed by atoms with E-state index < -0.39 is 38.5 Å². The summed E-state index contributed by atoms with van der Waals surface area (Å²) in [5.74, 6) is 0.529. The molecule has 2 N–H and O–H groups in total. The average Bonchev–Trinajstić information content (AvgIpc) is 3.38. The van der Waals surface area contributed by atoms with Crippen LogP contribution in [0.4, 0.5) is 17.6 Å². The Balaban J connectivity index is 1.35. The second-order valence-corrected chi connectivity index (χ2v) is 14.7. The molecule has 5 rings (SSSR count). The Morgan fingerprint density at radius 2 is 1.73 bits per heavy atom. The molecule has 1 heterocycles. The van der Waals surface area contributed by atoms with Gasteiger partial charge in [0.1, 0.15) is 17.2 Å². The predicted molar refractivity (Wildman–Crippen MR) is 160 cm³/mol. The number of halogens is 4. The molecule has 1 amide bonds. The van der Waals surface area contributed by atoms with Gasteiger partial charge in [0.2, 0.25) is 15.9 Å². The van der Waals surface area contributed by atoms with E-state index in [1.165, 1.54) is 35.0 Å². The van der Waals surface area contributed by atoms with Crippen LogP contribution in [0.1, 0.15) is 69.9 Å². The van der Waals surface area contributed by atoms with Crippen LogP contribution < -0.4 is 10.6 Å². The molecule has 0 saturated heterocycles. The molecule has 240 valence electrons. The Labute approximate surface area is 256 Å². The molecule has 44 heavy (non-hydrogen) atoms. The van der Waals surface area contributed by atoms with Crippen molar-refractivity contribution < 1.29 is 30.8 Å². The number of carbonyl (C=O) groups excluding carboxylic acids is 1. The maximum atomic E-state index is 13.8. The number of hydrogen-bond acceptors (Lipinski definition) is 5. The normalized spacial score (nSPS) is 21.9. The van der Waals surface area contributed by atoms with Crippen molar-refractivity contribution in [2.75, 3.05) is 19.6 Å². The number of alkyl halides is 3. The van der Waals surface area contributed by atoms with E-state index in [1.54, 1.807) is 0 Å². The van der Waals surface area contributed by atoms with Crippen molar-refractivity contribution in [3.05, 3.63) is 65.5 Å². The fraction of sp³-hybridized carbons (Fsp3) is 0.562. The SMILES string of the molecule is CC(C)C1(C(=O)NCC2CCC2)CN=C(C2(CCN(Cc3ccc(C(F)(F)F)cc3)S(=O)(=O)c3ccc(F)cc3)CCC2)N1. The van der Waals surface area contributed by atoms with Crippen LogP contribution in [-0.2, 0) is 27.5 Å². The lowest BCUT2D eigenvalue weighted by molar-refractivity contribution is -0.137. The highest BCUT2D eigenvalue weighted by Crippen LogP contribution is 2.47. The average molecular weight is 637 g/mol. The third kappa shape index (κ3) is 6.51. The van der Waals surface area contributed by atoms with Gasteiger partial charge in [-0.2, -0.15) is 17.5 Å². The van der Waals surface area contributed by atoms with Crippen molar-refractivity contribution in [3.8, 4) is 0 Å². The zero-order chi connectivity index (χ0) is 31.8. The van der Waals surface area contributed by atoms with E-state index in [2.05, 4.69) is 10.6 Å². The summed E-state index contributed by atoms with van der Waals surface area (Å²) in [4.78, 5) is 18.2. The number of nitrogens with zero attached hydrogens (tertiary/aromatic N) is 2. The first-order valence-electron chi connectivity index (χ1n) is 15.3. The van der Waals surface area contributed by atoms with E-state index in [0.29, 0.717) is 36.8 Å². The molecule has 2 aromatic rings. The molecule has 1 unspecified atom stereocenters. The molecule has 3 aliphatic rings. The van der Waals surface area contributed by atoms with Gasteiger partial charge in [0.15, 0.2) is 0 Å². The molecular weight excluding hydrogens is 596 g/mol. The Hall–Kier alpha value is -2.99. The Morgan fingerprint density at radius 1 is 1.07 bits per heavy atom. The maximum Gasteiger partial charge on any atom is 0.416 e. The summed E-state index contributed by atoms with van der Waals surface area (Å²) in [6.07, 6.45) is 1.78. The van der Waals surface area contributed by atoms with Crippen molar-refractivity contribution in [3.63, 3.8) is 0 Å². The maximum absolute atomic E-state index is 13.8. The van der Waals surface area contributed by atoms with Crippen LogP contribution in [0.5, 0.6) is 0 Å². The quantitative estimate of drug-likeness (QED) is 0.284. The molecule has 12 heteroatoms. The lowest BCUT2D eigenvalue weighted by Crippen LogP contribution is -2.63. The number of nitrogens with one attached hydrogen (secondary N) is 2. The summed E-state index contributed by atoms with van der Waals surface area (Å²) in [7, 11) is -4.13. The molecule has 0 spiro atoms. The minimum Gasteiger partial charge on any atom is -0.358 e. The first kappa shape index (κ1) is 32.4. The highest BCUT2D eigenvalue weighted by atomic mass is 32.2. The van der Waals surface area contributed by atoms with Gasteiger partial charge in [-0.15, -0.1) is 0 Å². The molecule has 2 saturated carbocycles. The highest BCUT2D eigenvalue weighted by molar-refractivity contribution is 7.89. The second-order valence-electron chi connectivity index (χ2n) is 12.8. The van der Waals surface area contributed by atoms with Crippen LogP contribution in [-0.4, -0.2) is 49.6 Å². The third-order valence-electron chi connectivity index (χ3n) is 9.74. The van der Waals surface area contributed by atoms with Crippen LogP contribution in [0.3, 0.4) is 0 Å². The van der Waals surface area contributed by atoms with Gasteiger partial charge in [0.05, 0.1) is 17.0 Å². The number of sulfonamides is 1. The minimum atomic E-state index is -4.51. The first-order valence-corrected chi connectivity index (χ1v) is 16.7. The number of carbonyl (C=O) groups is 1. The number of benzene rings is 2. The number of amidine groups is 1. The van der Waals surface area contributed by atoms with E-state index >= 15 is 0 Å². The van der Waals surface area contributed by atoms with Gasteiger partial charge < -0.3 is 10.6 Å². The van der Waals surface area contributed by atoms with Gasteiger partial charge in [0, 0.05) is 25.0 Å². The van der Waals surface area contributed by atoms with Crippen LogP contribution >= 0.6 is 0 Å². The van der Waals surface area contributed by atoms with E-state index in [-0.39, 0.29) is 29.8 Å². The summed E-state index contributed by atoms with van der Waals surface area (Å²) >= 11 is 0. The molecule has 1 atom stereocenters. The van der Waals surface area contributed by atoms with Crippen molar-refractivity contribution in [1.82, 2.24) is 14.9 Å². The van der Waals surface area contributed by atoms with E-state index in [9.17, 15) is 30.8 Å². The smallest absolute Gasteiger partial charge is 0.358 e. The Kier molecular flexibility index (Phi) is 9.15.